The van der Waals surface area contributed by atoms with Gasteiger partial charge in [-0.25, -0.2) is 0 Å². The highest BCUT2D eigenvalue weighted by Crippen LogP contribution is 2.25. The van der Waals surface area contributed by atoms with Gasteiger partial charge in [-0.3, -0.25) is 4.90 Å². The van der Waals surface area contributed by atoms with Crippen LogP contribution in [0.1, 0.15) is 24.5 Å². The van der Waals surface area contributed by atoms with Crippen LogP contribution in [-0.2, 0) is 17.7 Å². The summed E-state index contributed by atoms with van der Waals surface area (Å²) in [4.78, 5) is 2.52. The van der Waals surface area contributed by atoms with Gasteiger partial charge in [-0.2, -0.15) is 0 Å². The van der Waals surface area contributed by atoms with Crippen LogP contribution in [0.4, 0.5) is 5.69 Å². The fourth-order valence-electron chi connectivity index (χ4n) is 3.24. The van der Waals surface area contributed by atoms with Crippen molar-refractivity contribution in [3.05, 3.63) is 29.3 Å². The molecule has 2 aliphatic heterocycles. The molecule has 0 aliphatic carbocycles. The summed E-state index contributed by atoms with van der Waals surface area (Å²) in [5, 5.41) is 3.46. The molecule has 0 radical (unpaired) electrons. The Kier molecular flexibility index (Phi) is 3.76. The molecule has 1 N–H and O–H groups in total. The first-order valence-electron chi connectivity index (χ1n) is 7.37. The number of anilines is 1. The van der Waals surface area contributed by atoms with E-state index in [0.717, 1.165) is 19.6 Å². The number of benzene rings is 1. The Bertz CT molecular complexity index is 446. The highest BCUT2D eigenvalue weighted by molar-refractivity contribution is 5.57. The topological polar surface area (TPSA) is 24.5 Å². The number of fused-ring (bicyclic) bond motifs is 1. The van der Waals surface area contributed by atoms with Gasteiger partial charge in [0.15, 0.2) is 0 Å². The molecule has 104 valence electrons. The van der Waals surface area contributed by atoms with Crippen LogP contribution in [0.5, 0.6) is 0 Å². The van der Waals surface area contributed by atoms with E-state index in [4.69, 9.17) is 4.74 Å². The van der Waals surface area contributed by atoms with Gasteiger partial charge in [0, 0.05) is 32.4 Å². The fourth-order valence-corrected chi connectivity index (χ4v) is 3.24. The van der Waals surface area contributed by atoms with Crippen LogP contribution < -0.4 is 5.32 Å². The van der Waals surface area contributed by atoms with Crippen LogP contribution in [-0.4, -0.2) is 37.7 Å². The van der Waals surface area contributed by atoms with Crippen LogP contribution in [0.2, 0.25) is 0 Å². The van der Waals surface area contributed by atoms with Crippen LogP contribution >= 0.6 is 0 Å². The van der Waals surface area contributed by atoms with Gasteiger partial charge < -0.3 is 10.1 Å². The largest absolute Gasteiger partial charge is 0.384 e. The van der Waals surface area contributed by atoms with Crippen molar-refractivity contribution in [2.45, 2.75) is 32.4 Å². The number of methoxy groups -OCH3 is 1. The van der Waals surface area contributed by atoms with Crippen molar-refractivity contribution in [2.24, 2.45) is 5.92 Å². The molecule has 2 atom stereocenters. The number of nitrogens with one attached hydrogen (secondary N) is 1. The van der Waals surface area contributed by atoms with Crippen molar-refractivity contribution in [3.63, 3.8) is 0 Å². The van der Waals surface area contributed by atoms with Crippen LogP contribution in [0.25, 0.3) is 0 Å². The van der Waals surface area contributed by atoms with Crippen molar-refractivity contribution in [1.82, 2.24) is 4.90 Å². The Labute approximate surface area is 115 Å². The van der Waals surface area contributed by atoms with Crippen LogP contribution in [0, 0.1) is 5.92 Å². The minimum atomic E-state index is 0.390. The number of hydrogen-bond donors (Lipinski definition) is 1. The maximum Gasteiger partial charge on any atom is 0.0724 e. The first-order chi connectivity index (χ1) is 9.26. The van der Waals surface area contributed by atoms with Crippen molar-refractivity contribution < 1.29 is 4.74 Å². The van der Waals surface area contributed by atoms with Crippen molar-refractivity contribution in [1.29, 1.82) is 0 Å². The van der Waals surface area contributed by atoms with Crippen LogP contribution in [0.3, 0.4) is 0 Å². The van der Waals surface area contributed by atoms with E-state index in [9.17, 15) is 0 Å². The van der Waals surface area contributed by atoms with Crippen molar-refractivity contribution in [3.8, 4) is 0 Å². The molecule has 2 heterocycles. The summed E-state index contributed by atoms with van der Waals surface area (Å²) in [6, 6.07) is 6.89. The lowest BCUT2D eigenvalue weighted by Crippen LogP contribution is -2.43. The Morgan fingerprint density at radius 2 is 2.32 bits per heavy atom. The number of likely N-dealkylation sites (tertiary alicyclic amines) is 1. The zero-order chi connectivity index (χ0) is 13.2. The quantitative estimate of drug-likeness (QED) is 0.904. The molecular weight excluding hydrogens is 236 g/mol. The summed E-state index contributed by atoms with van der Waals surface area (Å²) in [7, 11) is 1.84. The maximum absolute atomic E-state index is 5.59. The van der Waals surface area contributed by atoms with Crippen LogP contribution in [0.15, 0.2) is 18.2 Å². The number of hydrogen-bond acceptors (Lipinski definition) is 3. The molecule has 1 aromatic carbocycles. The predicted octanol–water partition coefficient (Wildman–Crippen LogP) is 2.51. The summed E-state index contributed by atoms with van der Waals surface area (Å²) in [5.74, 6) is 0.683. The summed E-state index contributed by atoms with van der Waals surface area (Å²) in [5.41, 5.74) is 4.22. The smallest absolute Gasteiger partial charge is 0.0724 e. The Balaban J connectivity index is 1.65. The van der Waals surface area contributed by atoms with E-state index < -0.39 is 0 Å². The van der Waals surface area contributed by atoms with Gasteiger partial charge in [-0.15, -0.1) is 0 Å². The minimum absolute atomic E-state index is 0.390. The first-order valence-corrected chi connectivity index (χ1v) is 7.37. The molecule has 19 heavy (non-hydrogen) atoms. The van der Waals surface area contributed by atoms with E-state index in [1.165, 1.54) is 36.2 Å². The Morgan fingerprint density at radius 1 is 1.42 bits per heavy atom. The Hall–Kier alpha value is -1.06. The highest BCUT2D eigenvalue weighted by atomic mass is 16.5. The molecule has 1 saturated heterocycles. The first kappa shape index (κ1) is 12.9. The van der Waals surface area contributed by atoms with E-state index in [-0.39, 0.29) is 0 Å². The molecular formula is C16H24N2O. The molecule has 1 fully saturated rings. The second-order valence-electron chi connectivity index (χ2n) is 5.94. The van der Waals surface area contributed by atoms with Crippen molar-refractivity contribution >= 4 is 5.69 Å². The highest BCUT2D eigenvalue weighted by Gasteiger charge is 2.26. The zero-order valence-corrected chi connectivity index (χ0v) is 12.0. The van der Waals surface area contributed by atoms with E-state index in [2.05, 4.69) is 35.3 Å². The Morgan fingerprint density at radius 3 is 3.16 bits per heavy atom. The van der Waals surface area contributed by atoms with Gasteiger partial charge in [0.1, 0.15) is 0 Å². The summed E-state index contributed by atoms with van der Waals surface area (Å²) < 4.78 is 5.59. The molecule has 3 heteroatoms. The number of rotatable bonds is 3. The molecule has 3 nitrogen and oxygen atoms in total. The van der Waals surface area contributed by atoms with Gasteiger partial charge in [0.2, 0.25) is 0 Å². The van der Waals surface area contributed by atoms with Gasteiger partial charge in [0.05, 0.1) is 6.10 Å². The average Bonchev–Trinajstić information content (AvgIpc) is 2.88. The molecule has 0 spiro atoms. The number of nitrogens with zero attached hydrogens (tertiary/aromatic N) is 1. The second-order valence-corrected chi connectivity index (χ2v) is 5.94. The van der Waals surface area contributed by atoms with Gasteiger partial charge in [0.25, 0.3) is 0 Å². The van der Waals surface area contributed by atoms with E-state index in [0.29, 0.717) is 12.0 Å². The summed E-state index contributed by atoms with van der Waals surface area (Å²) >= 11 is 0. The molecule has 0 saturated carbocycles. The normalized spacial score (nSPS) is 27.1. The third kappa shape index (κ3) is 2.77. The molecule has 0 bridgehead atoms. The van der Waals surface area contributed by atoms with Gasteiger partial charge >= 0.3 is 0 Å². The van der Waals surface area contributed by atoms with E-state index in [1.807, 2.05) is 7.11 Å². The molecule has 2 unspecified atom stereocenters. The maximum atomic E-state index is 5.59. The average molecular weight is 260 g/mol. The fraction of sp³-hybridized carbons (Fsp3) is 0.625. The van der Waals surface area contributed by atoms with Gasteiger partial charge in [-0.1, -0.05) is 19.1 Å². The minimum Gasteiger partial charge on any atom is -0.384 e. The van der Waals surface area contributed by atoms with Crippen molar-refractivity contribution in [2.75, 3.05) is 32.1 Å². The molecule has 3 rings (SSSR count). The molecule has 1 aromatic rings. The third-order valence-electron chi connectivity index (χ3n) is 4.57. The predicted molar refractivity (Wildman–Crippen MR) is 78.5 cm³/mol. The lowest BCUT2D eigenvalue weighted by atomic mass is 9.95. The summed E-state index contributed by atoms with van der Waals surface area (Å²) in [6.07, 6.45) is 2.80. The lowest BCUT2D eigenvalue weighted by Gasteiger charge is -2.36. The van der Waals surface area contributed by atoms with E-state index in [1.54, 1.807) is 0 Å². The zero-order valence-electron chi connectivity index (χ0n) is 12.0. The molecule has 2 aliphatic rings. The van der Waals surface area contributed by atoms with E-state index >= 15 is 0 Å². The SMILES string of the molecule is COC1CN(Cc2ccc3c(c2)NCC3)CCC1C. The molecule has 0 amide bonds. The molecule has 0 aromatic heterocycles. The lowest BCUT2D eigenvalue weighted by molar-refractivity contribution is -0.00744. The third-order valence-corrected chi connectivity index (χ3v) is 4.57. The standard InChI is InChI=1S/C16H24N2O/c1-12-6-8-18(11-16(12)19-2)10-13-3-4-14-5-7-17-15(14)9-13/h3-4,9,12,16-17H,5-8,10-11H2,1-2H3. The number of ether oxygens (including phenoxy) is 1. The summed E-state index contributed by atoms with van der Waals surface area (Å²) in [6.45, 7) is 6.67. The monoisotopic (exact) mass is 260 g/mol. The number of piperidine rings is 1. The van der Waals surface area contributed by atoms with Gasteiger partial charge in [-0.05, 0) is 42.5 Å². The second kappa shape index (κ2) is 5.51.